The Kier molecular flexibility index (Phi) is 7.05. The Hall–Kier alpha value is -2.84. The first-order valence-electron chi connectivity index (χ1n) is 11.2. The Balaban J connectivity index is 1.37. The van der Waals surface area contributed by atoms with Crippen LogP contribution in [0.15, 0.2) is 29.6 Å². The fraction of sp³-hybridized carbons (Fsp3) is 0.440. The van der Waals surface area contributed by atoms with Crippen LogP contribution in [0, 0.1) is 20.8 Å². The highest BCUT2D eigenvalue weighted by atomic mass is 32.1. The summed E-state index contributed by atoms with van der Waals surface area (Å²) >= 11 is 1.65. The number of benzene rings is 1. The average molecular weight is 469 g/mol. The molecular formula is C25H32N4O3S. The third-order valence-electron chi connectivity index (χ3n) is 6.37. The van der Waals surface area contributed by atoms with Crippen LogP contribution in [0.4, 0.5) is 0 Å². The van der Waals surface area contributed by atoms with Crippen molar-refractivity contribution in [2.75, 3.05) is 40.4 Å². The fourth-order valence-electron chi connectivity index (χ4n) is 4.43. The van der Waals surface area contributed by atoms with Crippen molar-refractivity contribution in [3.8, 4) is 22.8 Å². The van der Waals surface area contributed by atoms with Gasteiger partial charge in [0.15, 0.2) is 0 Å². The summed E-state index contributed by atoms with van der Waals surface area (Å²) in [7, 11) is 3.36. The van der Waals surface area contributed by atoms with E-state index in [0.717, 1.165) is 77.4 Å². The molecule has 8 heteroatoms. The van der Waals surface area contributed by atoms with Crippen molar-refractivity contribution >= 4 is 17.2 Å². The first kappa shape index (κ1) is 23.3. The van der Waals surface area contributed by atoms with E-state index >= 15 is 0 Å². The lowest BCUT2D eigenvalue weighted by Gasteiger charge is -2.35. The van der Waals surface area contributed by atoms with E-state index in [2.05, 4.69) is 39.7 Å². The lowest BCUT2D eigenvalue weighted by molar-refractivity contribution is -0.133. The molecule has 1 amide bonds. The summed E-state index contributed by atoms with van der Waals surface area (Å²) in [4.78, 5) is 22.1. The molecule has 0 saturated carbocycles. The number of piperazine rings is 1. The van der Waals surface area contributed by atoms with E-state index in [4.69, 9.17) is 9.47 Å². The maximum absolute atomic E-state index is 13.1. The smallest absolute Gasteiger partial charge is 0.242 e. The summed E-state index contributed by atoms with van der Waals surface area (Å²) in [6, 6.07) is 8.01. The van der Waals surface area contributed by atoms with Gasteiger partial charge in [-0.15, -0.1) is 11.3 Å². The Morgan fingerprint density at radius 2 is 1.82 bits per heavy atom. The molecule has 3 aromatic rings. The monoisotopic (exact) mass is 468 g/mol. The number of carbonyl (C=O) groups is 1. The minimum atomic E-state index is 0.163. The molecule has 0 bridgehead atoms. The lowest BCUT2D eigenvalue weighted by atomic mass is 10.1. The zero-order chi connectivity index (χ0) is 23.5. The molecule has 3 heterocycles. The van der Waals surface area contributed by atoms with E-state index in [-0.39, 0.29) is 5.91 Å². The summed E-state index contributed by atoms with van der Waals surface area (Å²) in [5, 5.41) is 3.13. The van der Waals surface area contributed by atoms with Gasteiger partial charge in [-0.25, -0.2) is 4.98 Å². The molecule has 1 aliphatic heterocycles. The first-order valence-corrected chi connectivity index (χ1v) is 12.1. The molecule has 2 aromatic heterocycles. The molecule has 4 rings (SSSR count). The van der Waals surface area contributed by atoms with E-state index in [0.29, 0.717) is 6.54 Å². The quantitative estimate of drug-likeness (QED) is 0.526. The summed E-state index contributed by atoms with van der Waals surface area (Å²) in [6.45, 7) is 10.4. The molecule has 176 valence electrons. The van der Waals surface area contributed by atoms with Crippen LogP contribution in [-0.4, -0.2) is 65.7 Å². The summed E-state index contributed by atoms with van der Waals surface area (Å²) < 4.78 is 13.0. The molecule has 0 spiro atoms. The van der Waals surface area contributed by atoms with E-state index in [1.807, 2.05) is 30.0 Å². The third-order valence-corrected chi connectivity index (χ3v) is 7.14. The summed E-state index contributed by atoms with van der Waals surface area (Å²) in [6.07, 6.45) is 0. The molecule has 1 aliphatic rings. The van der Waals surface area contributed by atoms with E-state index in [1.165, 1.54) is 0 Å². The minimum absolute atomic E-state index is 0.163. The summed E-state index contributed by atoms with van der Waals surface area (Å²) in [5.41, 5.74) is 5.38. The number of amides is 1. The highest BCUT2D eigenvalue weighted by Gasteiger charge is 2.23. The van der Waals surface area contributed by atoms with Gasteiger partial charge >= 0.3 is 0 Å². The molecule has 0 aliphatic carbocycles. The van der Waals surface area contributed by atoms with Crippen LogP contribution in [0.25, 0.3) is 11.3 Å². The van der Waals surface area contributed by atoms with Gasteiger partial charge in [0, 0.05) is 60.6 Å². The molecule has 7 nitrogen and oxygen atoms in total. The topological polar surface area (TPSA) is 59.8 Å². The molecule has 1 fully saturated rings. The van der Waals surface area contributed by atoms with Crippen LogP contribution in [0.1, 0.15) is 22.0 Å². The van der Waals surface area contributed by atoms with E-state index in [1.54, 1.807) is 25.6 Å². The van der Waals surface area contributed by atoms with Gasteiger partial charge in [0.05, 0.1) is 24.9 Å². The van der Waals surface area contributed by atoms with Gasteiger partial charge in [0.1, 0.15) is 18.0 Å². The molecule has 0 atom stereocenters. The number of thiazole rings is 1. The van der Waals surface area contributed by atoms with Gasteiger partial charge in [-0.2, -0.15) is 0 Å². The Morgan fingerprint density at radius 1 is 1.06 bits per heavy atom. The van der Waals surface area contributed by atoms with Crippen LogP contribution in [-0.2, 0) is 17.9 Å². The second kappa shape index (κ2) is 9.97. The van der Waals surface area contributed by atoms with Gasteiger partial charge in [-0.1, -0.05) is 0 Å². The standard InChI is InChI=1S/C25H32N4O3S/c1-17-12-22(23-16-33-19(3)26-23)18(2)29(17)15-25(30)28-10-8-27(9-11-28)14-20-13-21(31-4)6-7-24(20)32-5/h6-7,12-13,16H,8-11,14-15H2,1-5H3. The minimum Gasteiger partial charge on any atom is -0.497 e. The van der Waals surface area contributed by atoms with Crippen LogP contribution < -0.4 is 9.47 Å². The number of rotatable bonds is 7. The van der Waals surface area contributed by atoms with Crippen molar-refractivity contribution in [2.24, 2.45) is 0 Å². The zero-order valence-electron chi connectivity index (χ0n) is 20.1. The van der Waals surface area contributed by atoms with Crippen LogP contribution in [0.3, 0.4) is 0 Å². The Bertz CT molecular complexity index is 1130. The molecule has 0 radical (unpaired) electrons. The van der Waals surface area contributed by atoms with Crippen molar-refractivity contribution < 1.29 is 14.3 Å². The maximum Gasteiger partial charge on any atom is 0.242 e. The number of aromatic nitrogens is 2. The molecule has 1 aromatic carbocycles. The van der Waals surface area contributed by atoms with Crippen LogP contribution in [0.2, 0.25) is 0 Å². The molecular weight excluding hydrogens is 436 g/mol. The molecule has 0 unspecified atom stereocenters. The van der Waals surface area contributed by atoms with Crippen LogP contribution in [0.5, 0.6) is 11.5 Å². The normalized spacial score (nSPS) is 14.5. The first-order chi connectivity index (χ1) is 15.9. The largest absolute Gasteiger partial charge is 0.497 e. The second-order valence-electron chi connectivity index (χ2n) is 8.46. The highest BCUT2D eigenvalue weighted by molar-refractivity contribution is 7.09. The number of hydrogen-bond donors (Lipinski definition) is 0. The van der Waals surface area contributed by atoms with Crippen molar-refractivity contribution in [3.05, 3.63) is 51.6 Å². The number of methoxy groups -OCH3 is 2. The van der Waals surface area contributed by atoms with Crippen molar-refractivity contribution in [3.63, 3.8) is 0 Å². The van der Waals surface area contributed by atoms with Crippen molar-refractivity contribution in [2.45, 2.75) is 33.9 Å². The molecule has 33 heavy (non-hydrogen) atoms. The number of carbonyl (C=O) groups excluding carboxylic acids is 1. The molecule has 0 N–H and O–H groups in total. The van der Waals surface area contributed by atoms with Crippen LogP contribution >= 0.6 is 11.3 Å². The number of hydrogen-bond acceptors (Lipinski definition) is 6. The third kappa shape index (κ3) is 5.07. The van der Waals surface area contributed by atoms with Gasteiger partial charge in [0.2, 0.25) is 5.91 Å². The fourth-order valence-corrected chi connectivity index (χ4v) is 5.04. The maximum atomic E-state index is 13.1. The number of ether oxygens (including phenoxy) is 2. The SMILES string of the molecule is COc1ccc(OC)c(CN2CCN(C(=O)Cn3c(C)cc(-c4csc(C)n4)c3C)CC2)c1. The summed E-state index contributed by atoms with van der Waals surface area (Å²) in [5.74, 6) is 1.85. The van der Waals surface area contributed by atoms with Gasteiger partial charge in [0.25, 0.3) is 0 Å². The van der Waals surface area contributed by atoms with Gasteiger partial charge in [-0.3, -0.25) is 9.69 Å². The second-order valence-corrected chi connectivity index (χ2v) is 9.52. The number of aryl methyl sites for hydroxylation is 2. The van der Waals surface area contributed by atoms with E-state index < -0.39 is 0 Å². The highest BCUT2D eigenvalue weighted by Crippen LogP contribution is 2.28. The van der Waals surface area contributed by atoms with Crippen molar-refractivity contribution in [1.29, 1.82) is 0 Å². The Morgan fingerprint density at radius 3 is 2.45 bits per heavy atom. The van der Waals surface area contributed by atoms with Gasteiger partial charge in [-0.05, 0) is 45.0 Å². The van der Waals surface area contributed by atoms with Gasteiger partial charge < -0.3 is 18.9 Å². The molecule has 1 saturated heterocycles. The average Bonchev–Trinajstić information content (AvgIpc) is 3.37. The zero-order valence-corrected chi connectivity index (χ0v) is 20.9. The predicted octanol–water partition coefficient (Wildman–Crippen LogP) is 3.90. The predicted molar refractivity (Wildman–Crippen MR) is 131 cm³/mol. The Labute approximate surface area is 199 Å². The van der Waals surface area contributed by atoms with Crippen molar-refractivity contribution in [1.82, 2.24) is 19.4 Å². The number of nitrogens with zero attached hydrogens (tertiary/aromatic N) is 4. The van der Waals surface area contributed by atoms with E-state index in [9.17, 15) is 4.79 Å². The lowest BCUT2D eigenvalue weighted by Crippen LogP contribution is -2.49.